The van der Waals surface area contributed by atoms with Crippen LogP contribution in [0.3, 0.4) is 0 Å². The molecule has 2 N–H and O–H groups in total. The molecule has 1 aliphatic rings. The average molecular weight is 387 g/mol. The molecule has 150 valence electrons. The average Bonchev–Trinajstić information content (AvgIpc) is 2.99. The first kappa shape index (κ1) is 20.4. The molecule has 1 saturated heterocycles. The van der Waals surface area contributed by atoms with Crippen molar-refractivity contribution < 1.29 is 24.4 Å². The predicted octanol–water partition coefficient (Wildman–Crippen LogP) is 0.492. The van der Waals surface area contributed by atoms with Crippen LogP contribution in [0.4, 0.5) is 4.79 Å². The molecule has 28 heavy (non-hydrogen) atoms. The number of likely N-dealkylation sites (N-methyl/N-ethyl adjacent to an activating group) is 1. The molecule has 0 bridgehead atoms. The molecular weight excluding hydrogens is 361 g/mol. The van der Waals surface area contributed by atoms with Crippen LogP contribution in [0.15, 0.2) is 24.3 Å². The molecule has 0 saturated carbocycles. The van der Waals surface area contributed by atoms with Gasteiger partial charge in [0.05, 0.1) is 11.1 Å². The highest BCUT2D eigenvalue weighted by molar-refractivity contribution is 6.59. The second-order valence-electron chi connectivity index (χ2n) is 8.13. The van der Waals surface area contributed by atoms with Crippen LogP contribution in [0.2, 0.25) is 0 Å². The summed E-state index contributed by atoms with van der Waals surface area (Å²) < 4.78 is 6.52. The maximum atomic E-state index is 12.8. The second-order valence-corrected chi connectivity index (χ2v) is 8.13. The zero-order valence-corrected chi connectivity index (χ0v) is 16.7. The molecule has 0 unspecified atom stereocenters. The van der Waals surface area contributed by atoms with Gasteiger partial charge in [-0.2, -0.15) is 0 Å². The largest absolute Gasteiger partial charge is 0.506 e. The molecular formula is C19H26BN3O5. The number of nitrogens with zero attached hydrogens (tertiary/aromatic N) is 3. The van der Waals surface area contributed by atoms with Gasteiger partial charge < -0.3 is 24.6 Å². The van der Waals surface area contributed by atoms with Crippen LogP contribution in [-0.4, -0.2) is 82.4 Å². The van der Waals surface area contributed by atoms with Crippen molar-refractivity contribution in [3.8, 4) is 0 Å². The second kappa shape index (κ2) is 7.58. The van der Waals surface area contributed by atoms with Crippen LogP contribution >= 0.6 is 0 Å². The molecule has 1 aromatic heterocycles. The summed E-state index contributed by atoms with van der Waals surface area (Å²) >= 11 is 0. The fourth-order valence-electron chi connectivity index (χ4n) is 3.26. The zero-order chi connectivity index (χ0) is 20.6. The first-order valence-electron chi connectivity index (χ1n) is 9.29. The highest BCUT2D eigenvalue weighted by Crippen LogP contribution is 2.20. The summed E-state index contributed by atoms with van der Waals surface area (Å²) in [6.07, 6.45) is -0.705. The van der Waals surface area contributed by atoms with E-state index in [-0.39, 0.29) is 11.5 Å². The van der Waals surface area contributed by atoms with Gasteiger partial charge in [-0.05, 0) is 52.1 Å². The summed E-state index contributed by atoms with van der Waals surface area (Å²) in [4.78, 5) is 29.4. The number of carbonyl (C=O) groups is 2. The minimum atomic E-state index is -1.85. The Morgan fingerprint density at radius 2 is 1.71 bits per heavy atom. The topological polar surface area (TPSA) is 95.2 Å². The molecule has 9 heteroatoms. The number of fused-ring (bicyclic) bond motifs is 1. The van der Waals surface area contributed by atoms with E-state index in [9.17, 15) is 19.6 Å². The van der Waals surface area contributed by atoms with Gasteiger partial charge in [-0.3, -0.25) is 9.36 Å². The Hall–Kier alpha value is -2.36. The van der Waals surface area contributed by atoms with E-state index in [0.29, 0.717) is 29.6 Å². The zero-order valence-electron chi connectivity index (χ0n) is 16.7. The first-order chi connectivity index (χ1) is 13.1. The fourth-order valence-corrected chi connectivity index (χ4v) is 3.26. The van der Waals surface area contributed by atoms with E-state index in [0.717, 1.165) is 17.7 Å². The van der Waals surface area contributed by atoms with Gasteiger partial charge >= 0.3 is 13.2 Å². The summed E-state index contributed by atoms with van der Waals surface area (Å²) in [5.41, 5.74) is 0.209. The molecule has 2 heterocycles. The summed E-state index contributed by atoms with van der Waals surface area (Å²) in [5.74, 6) is -0.0777. The lowest BCUT2D eigenvalue weighted by Crippen LogP contribution is -2.47. The number of amides is 1. The summed E-state index contributed by atoms with van der Waals surface area (Å²) in [7, 11) is 0.173. The van der Waals surface area contributed by atoms with Gasteiger partial charge in [0, 0.05) is 37.1 Å². The van der Waals surface area contributed by atoms with Crippen LogP contribution in [0.25, 0.3) is 10.9 Å². The summed E-state index contributed by atoms with van der Waals surface area (Å²) in [5, 5.41) is 20.0. The van der Waals surface area contributed by atoms with E-state index in [1.54, 1.807) is 43.9 Å². The third-order valence-electron chi connectivity index (χ3n) is 4.71. The van der Waals surface area contributed by atoms with Crippen LogP contribution in [0, 0.1) is 0 Å². The van der Waals surface area contributed by atoms with Crippen LogP contribution in [-0.2, 0) is 4.74 Å². The minimum absolute atomic E-state index is 0.00607. The lowest BCUT2D eigenvalue weighted by Gasteiger charge is -2.32. The van der Waals surface area contributed by atoms with Gasteiger partial charge in [-0.25, -0.2) is 4.79 Å². The van der Waals surface area contributed by atoms with Crippen LogP contribution < -0.4 is 5.59 Å². The number of hydrogen-bond acceptors (Lipinski definition) is 6. The number of benzene rings is 1. The normalized spacial score (nSPS) is 15.7. The van der Waals surface area contributed by atoms with Crippen molar-refractivity contribution in [2.45, 2.75) is 26.4 Å². The lowest BCUT2D eigenvalue weighted by atomic mass is 9.86. The third-order valence-corrected chi connectivity index (χ3v) is 4.71. The smallest absolute Gasteiger partial charge is 0.443 e. The van der Waals surface area contributed by atoms with Crippen LogP contribution in [0.1, 0.15) is 31.1 Å². The van der Waals surface area contributed by atoms with E-state index in [1.807, 2.05) is 7.05 Å². The van der Waals surface area contributed by atoms with Crippen molar-refractivity contribution in [3.05, 3.63) is 29.8 Å². The molecule has 1 aromatic carbocycles. The lowest BCUT2D eigenvalue weighted by molar-refractivity contribution is 0.0547. The highest BCUT2D eigenvalue weighted by Gasteiger charge is 2.28. The monoisotopic (exact) mass is 387 g/mol. The number of carbonyl (C=O) groups excluding carboxylic acids is 2. The maximum Gasteiger partial charge on any atom is 0.506 e. The Labute approximate surface area is 164 Å². The summed E-state index contributed by atoms with van der Waals surface area (Å²) in [6.45, 7) is 8.17. The van der Waals surface area contributed by atoms with Gasteiger partial charge in [-0.1, -0.05) is 0 Å². The number of rotatable bonds is 2. The molecule has 1 fully saturated rings. The molecule has 1 aliphatic heterocycles. The van der Waals surface area contributed by atoms with Crippen molar-refractivity contribution in [3.63, 3.8) is 0 Å². The van der Waals surface area contributed by atoms with Gasteiger partial charge in [0.1, 0.15) is 5.60 Å². The molecule has 0 atom stereocenters. The van der Waals surface area contributed by atoms with Gasteiger partial charge in [0.2, 0.25) is 0 Å². The van der Waals surface area contributed by atoms with Crippen molar-refractivity contribution in [2.75, 3.05) is 33.2 Å². The van der Waals surface area contributed by atoms with Crippen LogP contribution in [0.5, 0.6) is 0 Å². The van der Waals surface area contributed by atoms with E-state index in [4.69, 9.17) is 4.74 Å². The fraction of sp³-hybridized carbons (Fsp3) is 0.474. The highest BCUT2D eigenvalue weighted by atomic mass is 16.6. The molecule has 8 nitrogen and oxygen atoms in total. The molecule has 2 aromatic rings. The number of hydrogen-bond donors (Lipinski definition) is 2. The number of piperazine rings is 1. The molecule has 1 amide bonds. The quantitative estimate of drug-likeness (QED) is 0.729. The molecule has 0 spiro atoms. The van der Waals surface area contributed by atoms with E-state index in [2.05, 4.69) is 4.90 Å². The van der Waals surface area contributed by atoms with Gasteiger partial charge in [0.15, 0.2) is 0 Å². The molecule has 0 radical (unpaired) electrons. The standard InChI is InChI=1S/C19H26BN3O5/c1-19(2,3)28-18(25)23-15-6-5-13(11-14(15)12-16(23)20(26)27)17(24)22-9-7-21(4)8-10-22/h5-6,11-12,26-27H,7-10H2,1-4H3. The van der Waals surface area contributed by atoms with Gasteiger partial charge in [0.25, 0.3) is 5.91 Å². The maximum absolute atomic E-state index is 12.8. The molecule has 0 aliphatic carbocycles. The minimum Gasteiger partial charge on any atom is -0.443 e. The van der Waals surface area contributed by atoms with Crippen molar-refractivity contribution in [1.82, 2.24) is 14.4 Å². The summed E-state index contributed by atoms with van der Waals surface area (Å²) in [6, 6.07) is 6.44. The Balaban J connectivity index is 1.96. The number of aromatic nitrogens is 1. The SMILES string of the molecule is CN1CCN(C(=O)c2ccc3c(c2)cc(B(O)O)n3C(=O)OC(C)(C)C)CC1. The Morgan fingerprint density at radius 3 is 2.29 bits per heavy atom. The predicted molar refractivity (Wildman–Crippen MR) is 107 cm³/mol. The van der Waals surface area contributed by atoms with E-state index >= 15 is 0 Å². The Morgan fingerprint density at radius 1 is 1.07 bits per heavy atom. The third kappa shape index (κ3) is 4.21. The van der Waals surface area contributed by atoms with E-state index < -0.39 is 18.8 Å². The Bertz CT molecular complexity index is 895. The van der Waals surface area contributed by atoms with Crippen molar-refractivity contribution >= 4 is 35.6 Å². The Kier molecular flexibility index (Phi) is 5.51. The van der Waals surface area contributed by atoms with E-state index in [1.165, 1.54) is 6.07 Å². The molecule has 3 rings (SSSR count). The van der Waals surface area contributed by atoms with Gasteiger partial charge in [-0.15, -0.1) is 0 Å². The van der Waals surface area contributed by atoms with Crippen molar-refractivity contribution in [2.24, 2.45) is 0 Å². The first-order valence-corrected chi connectivity index (χ1v) is 9.29. The number of ether oxygens (including phenoxy) is 1. The van der Waals surface area contributed by atoms with Crippen molar-refractivity contribution in [1.29, 1.82) is 0 Å².